The summed E-state index contributed by atoms with van der Waals surface area (Å²) in [6.07, 6.45) is 6.34. The predicted molar refractivity (Wildman–Crippen MR) is 81.9 cm³/mol. The molecule has 1 aliphatic carbocycles. The highest BCUT2D eigenvalue weighted by Gasteiger charge is 2.15. The smallest absolute Gasteiger partial charge is 0.221 e. The van der Waals surface area contributed by atoms with Crippen molar-refractivity contribution in [3.05, 3.63) is 34.5 Å². The van der Waals surface area contributed by atoms with Gasteiger partial charge in [-0.2, -0.15) is 4.98 Å². The van der Waals surface area contributed by atoms with Gasteiger partial charge in [-0.25, -0.2) is 15.0 Å². The molecule has 0 bridgehead atoms. The van der Waals surface area contributed by atoms with E-state index in [1.807, 2.05) is 6.92 Å². The summed E-state index contributed by atoms with van der Waals surface area (Å²) in [6.45, 7) is 4.56. The Balaban J connectivity index is 1.79. The van der Waals surface area contributed by atoms with Gasteiger partial charge in [-0.3, -0.25) is 0 Å². The second kappa shape index (κ2) is 5.63. The topological polar surface area (TPSA) is 89.6 Å². The van der Waals surface area contributed by atoms with Crippen LogP contribution in [-0.2, 0) is 19.4 Å². The van der Waals surface area contributed by atoms with Crippen molar-refractivity contribution in [3.63, 3.8) is 0 Å². The average Bonchev–Trinajstić information content (AvgIpc) is 2.48. The van der Waals surface area contributed by atoms with Crippen LogP contribution < -0.4 is 11.1 Å². The Morgan fingerprint density at radius 3 is 2.81 bits per heavy atom. The number of fused-ring (bicyclic) bond motifs is 1. The highest BCUT2D eigenvalue weighted by molar-refractivity contribution is 5.45. The molecule has 0 radical (unpaired) electrons. The first kappa shape index (κ1) is 13.7. The van der Waals surface area contributed by atoms with Crippen LogP contribution in [0.25, 0.3) is 0 Å². The number of nitrogens with one attached hydrogen (secondary N) is 1. The zero-order valence-electron chi connectivity index (χ0n) is 12.5. The summed E-state index contributed by atoms with van der Waals surface area (Å²) < 4.78 is 0. The van der Waals surface area contributed by atoms with E-state index in [0.29, 0.717) is 6.54 Å². The third-order valence-electron chi connectivity index (χ3n) is 3.84. The summed E-state index contributed by atoms with van der Waals surface area (Å²) in [7, 11) is 0. The SMILES string of the molecule is Cc1cnc(N)nc1NCc1nc(C)c2c(n1)CCCC2. The molecule has 0 atom stereocenters. The van der Waals surface area contributed by atoms with Gasteiger partial charge in [0, 0.05) is 23.1 Å². The number of hydrogen-bond acceptors (Lipinski definition) is 6. The van der Waals surface area contributed by atoms with Crippen LogP contribution in [0, 0.1) is 13.8 Å². The first-order chi connectivity index (χ1) is 10.1. The fourth-order valence-corrected chi connectivity index (χ4v) is 2.72. The highest BCUT2D eigenvalue weighted by atomic mass is 15.1. The lowest BCUT2D eigenvalue weighted by atomic mass is 9.95. The molecule has 0 aromatic carbocycles. The van der Waals surface area contributed by atoms with Gasteiger partial charge < -0.3 is 11.1 Å². The molecule has 3 N–H and O–H groups in total. The summed E-state index contributed by atoms with van der Waals surface area (Å²) in [6, 6.07) is 0. The molecule has 0 saturated carbocycles. The van der Waals surface area contributed by atoms with Crippen molar-refractivity contribution in [1.29, 1.82) is 0 Å². The maximum atomic E-state index is 5.62. The monoisotopic (exact) mass is 284 g/mol. The van der Waals surface area contributed by atoms with Crippen molar-refractivity contribution in [2.24, 2.45) is 0 Å². The third kappa shape index (κ3) is 2.94. The highest BCUT2D eigenvalue weighted by Crippen LogP contribution is 2.22. The van der Waals surface area contributed by atoms with Crippen LogP contribution in [0.15, 0.2) is 6.20 Å². The van der Waals surface area contributed by atoms with Gasteiger partial charge in [0.2, 0.25) is 5.95 Å². The van der Waals surface area contributed by atoms with Crippen LogP contribution >= 0.6 is 0 Å². The molecule has 0 aliphatic heterocycles. The Bertz CT molecular complexity index is 667. The van der Waals surface area contributed by atoms with Gasteiger partial charge in [0.05, 0.1) is 6.54 Å². The predicted octanol–water partition coefficient (Wildman–Crippen LogP) is 1.96. The minimum absolute atomic E-state index is 0.269. The summed E-state index contributed by atoms with van der Waals surface area (Å²) in [5.41, 5.74) is 10.2. The van der Waals surface area contributed by atoms with Crippen LogP contribution in [0.1, 0.15) is 41.2 Å². The summed E-state index contributed by atoms with van der Waals surface area (Å²) in [5.74, 6) is 1.82. The Morgan fingerprint density at radius 1 is 1.14 bits per heavy atom. The van der Waals surface area contributed by atoms with E-state index in [2.05, 4.69) is 27.2 Å². The number of nitrogens with zero attached hydrogens (tertiary/aromatic N) is 4. The number of rotatable bonds is 3. The second-order valence-electron chi connectivity index (χ2n) is 5.47. The Morgan fingerprint density at radius 2 is 1.95 bits per heavy atom. The second-order valence-corrected chi connectivity index (χ2v) is 5.47. The zero-order valence-corrected chi connectivity index (χ0v) is 12.5. The van der Waals surface area contributed by atoms with Crippen molar-refractivity contribution >= 4 is 11.8 Å². The van der Waals surface area contributed by atoms with Crippen LogP contribution in [0.4, 0.5) is 11.8 Å². The van der Waals surface area contributed by atoms with E-state index in [1.165, 1.54) is 24.1 Å². The number of nitrogen functional groups attached to an aromatic ring is 1. The maximum Gasteiger partial charge on any atom is 0.221 e. The molecule has 6 heteroatoms. The molecule has 0 saturated heterocycles. The van der Waals surface area contributed by atoms with E-state index in [0.717, 1.165) is 35.7 Å². The van der Waals surface area contributed by atoms with Gasteiger partial charge in [0.1, 0.15) is 11.6 Å². The molecule has 2 heterocycles. The molecule has 21 heavy (non-hydrogen) atoms. The van der Waals surface area contributed by atoms with E-state index in [-0.39, 0.29) is 5.95 Å². The first-order valence-corrected chi connectivity index (χ1v) is 7.32. The fraction of sp³-hybridized carbons (Fsp3) is 0.467. The molecule has 0 amide bonds. The largest absolute Gasteiger partial charge is 0.368 e. The number of anilines is 2. The number of aromatic nitrogens is 4. The van der Waals surface area contributed by atoms with Crippen LogP contribution in [0.2, 0.25) is 0 Å². The normalized spacial score (nSPS) is 13.8. The number of nitrogens with two attached hydrogens (primary N) is 1. The Labute approximate surface area is 124 Å². The molecule has 110 valence electrons. The van der Waals surface area contributed by atoms with Gasteiger partial charge in [0.15, 0.2) is 0 Å². The van der Waals surface area contributed by atoms with Crippen LogP contribution in [-0.4, -0.2) is 19.9 Å². The minimum Gasteiger partial charge on any atom is -0.368 e. The van der Waals surface area contributed by atoms with Crippen LogP contribution in [0.3, 0.4) is 0 Å². The molecular weight excluding hydrogens is 264 g/mol. The lowest BCUT2D eigenvalue weighted by molar-refractivity contribution is 0.648. The zero-order chi connectivity index (χ0) is 14.8. The molecular formula is C15H20N6. The lowest BCUT2D eigenvalue weighted by Crippen LogP contribution is -2.15. The molecule has 0 unspecified atom stereocenters. The van der Waals surface area contributed by atoms with Crippen molar-refractivity contribution in [2.45, 2.75) is 46.1 Å². The first-order valence-electron chi connectivity index (χ1n) is 7.32. The summed E-state index contributed by atoms with van der Waals surface area (Å²) in [4.78, 5) is 17.5. The van der Waals surface area contributed by atoms with E-state index in [4.69, 9.17) is 10.7 Å². The molecule has 2 aromatic rings. The van der Waals surface area contributed by atoms with E-state index < -0.39 is 0 Å². The molecule has 2 aromatic heterocycles. The number of aryl methyl sites for hydroxylation is 3. The standard InChI is InChI=1S/C15H20N6/c1-9-7-18-15(16)21-14(9)17-8-13-19-10(2)11-5-3-4-6-12(11)20-13/h7H,3-6,8H2,1-2H3,(H3,16,17,18,21). The molecule has 0 spiro atoms. The quantitative estimate of drug-likeness (QED) is 0.895. The molecule has 1 aliphatic rings. The Kier molecular flexibility index (Phi) is 3.68. The summed E-state index contributed by atoms with van der Waals surface area (Å²) in [5, 5.41) is 3.25. The van der Waals surface area contributed by atoms with Crippen molar-refractivity contribution in [1.82, 2.24) is 19.9 Å². The average molecular weight is 284 g/mol. The lowest BCUT2D eigenvalue weighted by Gasteiger charge is -2.17. The van der Waals surface area contributed by atoms with Crippen molar-refractivity contribution in [2.75, 3.05) is 11.1 Å². The summed E-state index contributed by atoms with van der Waals surface area (Å²) >= 11 is 0. The minimum atomic E-state index is 0.269. The molecule has 6 nitrogen and oxygen atoms in total. The van der Waals surface area contributed by atoms with Crippen molar-refractivity contribution < 1.29 is 0 Å². The molecule has 0 fully saturated rings. The van der Waals surface area contributed by atoms with E-state index in [1.54, 1.807) is 6.20 Å². The third-order valence-corrected chi connectivity index (χ3v) is 3.84. The van der Waals surface area contributed by atoms with Crippen LogP contribution in [0.5, 0.6) is 0 Å². The van der Waals surface area contributed by atoms with Gasteiger partial charge in [-0.15, -0.1) is 0 Å². The van der Waals surface area contributed by atoms with E-state index >= 15 is 0 Å². The van der Waals surface area contributed by atoms with Crippen molar-refractivity contribution in [3.8, 4) is 0 Å². The molecule has 3 rings (SSSR count). The van der Waals surface area contributed by atoms with E-state index in [9.17, 15) is 0 Å². The van der Waals surface area contributed by atoms with Gasteiger partial charge >= 0.3 is 0 Å². The number of hydrogen-bond donors (Lipinski definition) is 2. The maximum absolute atomic E-state index is 5.62. The van der Waals surface area contributed by atoms with Gasteiger partial charge in [-0.05, 0) is 45.1 Å². The Hall–Kier alpha value is -2.24. The van der Waals surface area contributed by atoms with Gasteiger partial charge in [-0.1, -0.05) is 0 Å². The van der Waals surface area contributed by atoms with Gasteiger partial charge in [0.25, 0.3) is 0 Å². The fourth-order valence-electron chi connectivity index (χ4n) is 2.72.